The average molecular weight is 309 g/mol. The number of fused-ring (bicyclic) bond motifs is 1. The molecule has 0 N–H and O–H groups in total. The van der Waals surface area contributed by atoms with Gasteiger partial charge in [-0.3, -0.25) is 4.98 Å². The Hall–Kier alpha value is -2.17. The van der Waals surface area contributed by atoms with Crippen LogP contribution in [-0.4, -0.2) is 41.4 Å². The van der Waals surface area contributed by atoms with Crippen molar-refractivity contribution in [3.05, 3.63) is 41.3 Å². The maximum absolute atomic E-state index is 4.45. The molecule has 0 unspecified atom stereocenters. The lowest BCUT2D eigenvalue weighted by Gasteiger charge is -2.45. The number of hydrogen-bond acceptors (Lipinski definition) is 5. The third kappa shape index (κ3) is 2.76. The van der Waals surface area contributed by atoms with E-state index < -0.39 is 0 Å². The van der Waals surface area contributed by atoms with Crippen molar-refractivity contribution < 1.29 is 0 Å². The number of rotatable bonds is 3. The second-order valence-electron chi connectivity index (χ2n) is 6.71. The summed E-state index contributed by atoms with van der Waals surface area (Å²) in [6.07, 6.45) is 6.67. The predicted octanol–water partition coefficient (Wildman–Crippen LogP) is 2.38. The van der Waals surface area contributed by atoms with Crippen LogP contribution < -0.4 is 9.80 Å². The summed E-state index contributed by atoms with van der Waals surface area (Å²) in [7, 11) is 2.16. The number of anilines is 2. The van der Waals surface area contributed by atoms with Gasteiger partial charge in [-0.1, -0.05) is 0 Å². The van der Waals surface area contributed by atoms with E-state index in [4.69, 9.17) is 0 Å². The third-order valence-electron chi connectivity index (χ3n) is 5.08. The number of likely N-dealkylation sites (N-methyl/N-ethyl adjacent to an activating group) is 1. The first kappa shape index (κ1) is 14.4. The van der Waals surface area contributed by atoms with E-state index in [1.165, 1.54) is 29.8 Å². The Morgan fingerprint density at radius 3 is 2.78 bits per heavy atom. The molecule has 0 spiro atoms. The summed E-state index contributed by atoms with van der Waals surface area (Å²) in [5.74, 6) is 1.04. The minimum atomic E-state index is 0.523. The molecule has 0 bridgehead atoms. The van der Waals surface area contributed by atoms with E-state index in [1.807, 2.05) is 13.1 Å². The number of aromatic nitrogens is 3. The molecule has 2 aromatic heterocycles. The average Bonchev–Trinajstić information content (AvgIpc) is 2.53. The van der Waals surface area contributed by atoms with Crippen molar-refractivity contribution in [3.63, 3.8) is 0 Å². The van der Waals surface area contributed by atoms with Crippen LogP contribution in [-0.2, 0) is 12.8 Å². The lowest BCUT2D eigenvalue weighted by molar-refractivity contribution is 0.489. The van der Waals surface area contributed by atoms with Crippen LogP contribution >= 0.6 is 0 Å². The molecular formula is C18H23N5. The van der Waals surface area contributed by atoms with Crippen molar-refractivity contribution in [1.82, 2.24) is 15.2 Å². The number of nitrogens with zero attached hydrogens (tertiary/aromatic N) is 5. The molecule has 3 heterocycles. The van der Waals surface area contributed by atoms with Gasteiger partial charge in [-0.2, -0.15) is 5.10 Å². The molecule has 2 aromatic rings. The molecule has 0 atom stereocenters. The molecule has 1 saturated heterocycles. The Morgan fingerprint density at radius 2 is 1.96 bits per heavy atom. The second kappa shape index (κ2) is 5.80. The van der Waals surface area contributed by atoms with E-state index in [-0.39, 0.29) is 0 Å². The highest BCUT2D eigenvalue weighted by Crippen LogP contribution is 2.27. The zero-order valence-corrected chi connectivity index (χ0v) is 13.9. The summed E-state index contributed by atoms with van der Waals surface area (Å²) in [4.78, 5) is 8.95. The molecule has 5 nitrogen and oxygen atoms in total. The largest absolute Gasteiger partial charge is 0.368 e. The molecule has 0 aromatic carbocycles. The number of aryl methyl sites for hydroxylation is 3. The lowest BCUT2D eigenvalue weighted by atomic mass is 9.96. The summed E-state index contributed by atoms with van der Waals surface area (Å²) < 4.78 is 0. The van der Waals surface area contributed by atoms with Crippen LogP contribution in [0.15, 0.2) is 24.4 Å². The van der Waals surface area contributed by atoms with Gasteiger partial charge >= 0.3 is 0 Å². The highest BCUT2D eigenvalue weighted by Gasteiger charge is 2.32. The van der Waals surface area contributed by atoms with Crippen LogP contribution in [0.5, 0.6) is 0 Å². The number of hydrogen-bond donors (Lipinski definition) is 0. The topological polar surface area (TPSA) is 45.2 Å². The lowest BCUT2D eigenvalue weighted by Crippen LogP contribution is -2.59. The fraction of sp³-hybridized carbons (Fsp3) is 0.500. The minimum Gasteiger partial charge on any atom is -0.368 e. The molecule has 23 heavy (non-hydrogen) atoms. The molecule has 120 valence electrons. The highest BCUT2D eigenvalue weighted by atomic mass is 15.4. The van der Waals surface area contributed by atoms with Crippen molar-refractivity contribution in [2.24, 2.45) is 0 Å². The van der Waals surface area contributed by atoms with Crippen molar-refractivity contribution >= 4 is 11.5 Å². The summed E-state index contributed by atoms with van der Waals surface area (Å²) in [5, 5.41) is 8.89. The zero-order valence-electron chi connectivity index (χ0n) is 13.9. The normalized spacial score (nSPS) is 17.6. The molecule has 0 radical (unpaired) electrons. The Kier molecular flexibility index (Phi) is 3.63. The monoisotopic (exact) mass is 309 g/mol. The highest BCUT2D eigenvalue weighted by molar-refractivity contribution is 5.52. The van der Waals surface area contributed by atoms with E-state index in [2.05, 4.69) is 50.2 Å². The minimum absolute atomic E-state index is 0.523. The first-order valence-corrected chi connectivity index (χ1v) is 8.46. The van der Waals surface area contributed by atoms with Gasteiger partial charge in [-0.15, -0.1) is 5.10 Å². The summed E-state index contributed by atoms with van der Waals surface area (Å²) in [6.45, 7) is 4.05. The standard InChI is InChI=1S/C18H23N5/c1-13-9-15(7-8-19-13)22(2)16-11-23(12-16)18-10-14-5-3-4-6-17(14)20-21-18/h7-10,16H,3-6,11-12H2,1-2H3. The molecule has 0 amide bonds. The molecule has 5 heteroatoms. The Bertz CT molecular complexity index is 708. The molecule has 1 aliphatic carbocycles. The van der Waals surface area contributed by atoms with Gasteiger partial charge in [0.25, 0.3) is 0 Å². The molecule has 1 aliphatic heterocycles. The van der Waals surface area contributed by atoms with Gasteiger partial charge in [-0.05, 0) is 56.4 Å². The van der Waals surface area contributed by atoms with Crippen LogP contribution in [0.1, 0.15) is 29.8 Å². The van der Waals surface area contributed by atoms with Crippen LogP contribution in [0.3, 0.4) is 0 Å². The maximum atomic E-state index is 4.45. The summed E-state index contributed by atoms with van der Waals surface area (Å²) in [6, 6.07) is 7.00. The Labute approximate surface area is 137 Å². The van der Waals surface area contributed by atoms with Crippen molar-refractivity contribution in [1.29, 1.82) is 0 Å². The van der Waals surface area contributed by atoms with E-state index in [9.17, 15) is 0 Å². The fourth-order valence-electron chi connectivity index (χ4n) is 3.48. The Morgan fingerprint density at radius 1 is 1.13 bits per heavy atom. The smallest absolute Gasteiger partial charge is 0.151 e. The molecule has 1 fully saturated rings. The van der Waals surface area contributed by atoms with Gasteiger partial charge in [0.2, 0.25) is 0 Å². The third-order valence-corrected chi connectivity index (χ3v) is 5.08. The van der Waals surface area contributed by atoms with Crippen molar-refractivity contribution in [3.8, 4) is 0 Å². The van der Waals surface area contributed by atoms with Crippen LogP contribution in [0, 0.1) is 6.92 Å². The SMILES string of the molecule is Cc1cc(N(C)C2CN(c3cc4c(nn3)CCCC4)C2)ccn1. The Balaban J connectivity index is 1.43. The van der Waals surface area contributed by atoms with E-state index in [1.54, 1.807) is 0 Å². The molecule has 2 aliphatic rings. The van der Waals surface area contributed by atoms with Crippen LogP contribution in [0.25, 0.3) is 0 Å². The van der Waals surface area contributed by atoms with Crippen molar-refractivity contribution in [2.45, 2.75) is 38.6 Å². The van der Waals surface area contributed by atoms with E-state index in [0.717, 1.165) is 37.4 Å². The van der Waals surface area contributed by atoms with Gasteiger partial charge in [0.05, 0.1) is 11.7 Å². The van der Waals surface area contributed by atoms with Gasteiger partial charge in [0.1, 0.15) is 0 Å². The van der Waals surface area contributed by atoms with E-state index >= 15 is 0 Å². The zero-order chi connectivity index (χ0) is 15.8. The van der Waals surface area contributed by atoms with Gasteiger partial charge < -0.3 is 9.80 Å². The van der Waals surface area contributed by atoms with E-state index in [0.29, 0.717) is 6.04 Å². The van der Waals surface area contributed by atoms with Gasteiger partial charge in [0.15, 0.2) is 5.82 Å². The second-order valence-corrected chi connectivity index (χ2v) is 6.71. The molecular weight excluding hydrogens is 286 g/mol. The maximum Gasteiger partial charge on any atom is 0.151 e. The predicted molar refractivity (Wildman–Crippen MR) is 92.1 cm³/mol. The number of pyridine rings is 1. The quantitative estimate of drug-likeness (QED) is 0.871. The first-order chi connectivity index (χ1) is 11.2. The fourth-order valence-corrected chi connectivity index (χ4v) is 3.48. The molecule has 0 saturated carbocycles. The summed E-state index contributed by atoms with van der Waals surface area (Å²) in [5.41, 5.74) is 4.91. The summed E-state index contributed by atoms with van der Waals surface area (Å²) >= 11 is 0. The van der Waals surface area contributed by atoms with Gasteiger partial charge in [0, 0.05) is 37.7 Å². The van der Waals surface area contributed by atoms with Gasteiger partial charge in [-0.25, -0.2) is 0 Å². The first-order valence-electron chi connectivity index (χ1n) is 8.46. The van der Waals surface area contributed by atoms with Crippen LogP contribution in [0.2, 0.25) is 0 Å². The molecule has 4 rings (SSSR count). The van der Waals surface area contributed by atoms with Crippen LogP contribution in [0.4, 0.5) is 11.5 Å². The van der Waals surface area contributed by atoms with Crippen molar-refractivity contribution in [2.75, 3.05) is 29.9 Å².